The summed E-state index contributed by atoms with van der Waals surface area (Å²) in [5, 5.41) is 11.7. The van der Waals surface area contributed by atoms with E-state index in [0.717, 1.165) is 38.6 Å². The third-order valence-electron chi connectivity index (χ3n) is 2.37. The molecule has 1 unspecified atom stereocenters. The predicted octanol–water partition coefficient (Wildman–Crippen LogP) is 1.08. The number of methoxy groups -OCH3 is 1. The van der Waals surface area contributed by atoms with Crippen LogP contribution in [0.15, 0.2) is 0 Å². The second-order valence-electron chi connectivity index (χ2n) is 3.58. The molecule has 0 fully saturated rings. The van der Waals surface area contributed by atoms with E-state index < -0.39 is 0 Å². The minimum Gasteiger partial charge on any atom is -0.468 e. The number of carbonyl (C=O) groups is 1. The molecule has 0 spiro atoms. The van der Waals surface area contributed by atoms with Crippen LogP contribution >= 0.6 is 0 Å². The predicted molar refractivity (Wildman–Crippen MR) is 59.7 cm³/mol. The normalized spacial score (nSPS) is 12.5. The van der Waals surface area contributed by atoms with E-state index in [2.05, 4.69) is 10.1 Å². The maximum Gasteiger partial charge on any atom is 0.322 e. The van der Waals surface area contributed by atoms with Crippen LogP contribution in [0, 0.1) is 0 Å². The van der Waals surface area contributed by atoms with Gasteiger partial charge in [0.2, 0.25) is 0 Å². The Hall–Kier alpha value is -0.610. The first-order valence-corrected chi connectivity index (χ1v) is 5.68. The number of carbonyl (C=O) groups excluding carboxylic acids is 1. The highest BCUT2D eigenvalue weighted by atomic mass is 16.5. The van der Waals surface area contributed by atoms with E-state index in [1.807, 2.05) is 6.92 Å². The highest BCUT2D eigenvalue weighted by molar-refractivity contribution is 5.75. The van der Waals surface area contributed by atoms with Crippen LogP contribution in [-0.2, 0) is 9.53 Å². The fourth-order valence-electron chi connectivity index (χ4n) is 1.40. The molecule has 4 nitrogen and oxygen atoms in total. The van der Waals surface area contributed by atoms with Crippen LogP contribution in [0.4, 0.5) is 0 Å². The van der Waals surface area contributed by atoms with Gasteiger partial charge in [-0.25, -0.2) is 0 Å². The molecule has 0 rings (SSSR count). The molecule has 1 atom stereocenters. The van der Waals surface area contributed by atoms with E-state index in [0.29, 0.717) is 0 Å². The van der Waals surface area contributed by atoms with E-state index in [4.69, 9.17) is 5.11 Å². The summed E-state index contributed by atoms with van der Waals surface area (Å²) in [6.45, 7) is 3.06. The van der Waals surface area contributed by atoms with Gasteiger partial charge in [0.15, 0.2) is 0 Å². The van der Waals surface area contributed by atoms with E-state index in [9.17, 15) is 4.79 Å². The Kier molecular flexibility index (Phi) is 9.52. The smallest absolute Gasteiger partial charge is 0.322 e. The molecule has 0 aliphatic rings. The summed E-state index contributed by atoms with van der Waals surface area (Å²) < 4.78 is 4.66. The highest BCUT2D eigenvalue weighted by Gasteiger charge is 2.14. The summed E-state index contributed by atoms with van der Waals surface area (Å²) >= 11 is 0. The summed E-state index contributed by atoms with van der Waals surface area (Å²) in [5.41, 5.74) is 0. The van der Waals surface area contributed by atoms with Gasteiger partial charge < -0.3 is 15.2 Å². The lowest BCUT2D eigenvalue weighted by atomic mass is 10.2. The third kappa shape index (κ3) is 7.33. The van der Waals surface area contributed by atoms with Gasteiger partial charge in [-0.05, 0) is 25.8 Å². The summed E-state index contributed by atoms with van der Waals surface area (Å²) in [7, 11) is 1.41. The van der Waals surface area contributed by atoms with Crippen molar-refractivity contribution in [1.29, 1.82) is 0 Å². The molecule has 0 radical (unpaired) electrons. The quantitative estimate of drug-likeness (QED) is 0.448. The van der Waals surface area contributed by atoms with Gasteiger partial charge in [-0.3, -0.25) is 4.79 Å². The van der Waals surface area contributed by atoms with Crippen LogP contribution in [0.5, 0.6) is 0 Å². The summed E-state index contributed by atoms with van der Waals surface area (Å²) in [5.74, 6) is -0.187. The van der Waals surface area contributed by atoms with Crippen molar-refractivity contribution >= 4 is 5.97 Å². The van der Waals surface area contributed by atoms with Gasteiger partial charge in [0, 0.05) is 6.61 Å². The molecule has 0 aliphatic heterocycles. The fourth-order valence-corrected chi connectivity index (χ4v) is 1.40. The molecule has 0 aromatic carbocycles. The maximum absolute atomic E-state index is 11.2. The van der Waals surface area contributed by atoms with Crippen molar-refractivity contribution in [3.8, 4) is 0 Å². The molecule has 0 amide bonds. The van der Waals surface area contributed by atoms with Crippen molar-refractivity contribution in [1.82, 2.24) is 5.32 Å². The Labute approximate surface area is 92.0 Å². The number of hydrogen-bond acceptors (Lipinski definition) is 4. The number of ether oxygens (including phenoxy) is 1. The van der Waals surface area contributed by atoms with Crippen LogP contribution in [0.1, 0.15) is 39.0 Å². The minimum absolute atomic E-state index is 0.173. The molecular weight excluding hydrogens is 194 g/mol. The van der Waals surface area contributed by atoms with Crippen LogP contribution in [0.3, 0.4) is 0 Å². The average molecular weight is 217 g/mol. The minimum atomic E-state index is -0.187. The highest BCUT2D eigenvalue weighted by Crippen LogP contribution is 1.99. The second kappa shape index (κ2) is 9.93. The van der Waals surface area contributed by atoms with Crippen molar-refractivity contribution in [2.75, 3.05) is 20.3 Å². The van der Waals surface area contributed by atoms with Crippen LogP contribution in [0.2, 0.25) is 0 Å². The summed E-state index contributed by atoms with van der Waals surface area (Å²) in [4.78, 5) is 11.2. The Morgan fingerprint density at radius 1 is 1.33 bits per heavy atom. The average Bonchev–Trinajstić information content (AvgIpc) is 2.27. The number of aliphatic hydroxyl groups excluding tert-OH is 1. The van der Waals surface area contributed by atoms with Gasteiger partial charge in [0.1, 0.15) is 6.04 Å². The van der Waals surface area contributed by atoms with Gasteiger partial charge in [-0.15, -0.1) is 0 Å². The number of rotatable bonds is 9. The topological polar surface area (TPSA) is 58.6 Å². The number of hydrogen-bond donors (Lipinski definition) is 2. The molecule has 0 bridgehead atoms. The van der Waals surface area contributed by atoms with Gasteiger partial charge in [0.05, 0.1) is 7.11 Å². The molecule has 0 heterocycles. The van der Waals surface area contributed by atoms with Crippen molar-refractivity contribution in [2.24, 2.45) is 0 Å². The first-order chi connectivity index (χ1) is 7.26. The largest absolute Gasteiger partial charge is 0.468 e. The second-order valence-corrected chi connectivity index (χ2v) is 3.58. The number of aliphatic hydroxyl groups is 1. The molecule has 0 saturated carbocycles. The lowest BCUT2D eigenvalue weighted by Gasteiger charge is -2.13. The molecule has 0 aromatic rings. The first-order valence-electron chi connectivity index (χ1n) is 5.68. The van der Waals surface area contributed by atoms with Crippen LogP contribution in [-0.4, -0.2) is 37.4 Å². The first kappa shape index (κ1) is 14.4. The zero-order chi connectivity index (χ0) is 11.5. The zero-order valence-electron chi connectivity index (χ0n) is 9.79. The SMILES string of the molecule is CCC(NCCCCCCO)C(=O)OC. The molecule has 90 valence electrons. The van der Waals surface area contributed by atoms with E-state index >= 15 is 0 Å². The van der Waals surface area contributed by atoms with Gasteiger partial charge >= 0.3 is 5.97 Å². The van der Waals surface area contributed by atoms with Crippen molar-refractivity contribution in [3.05, 3.63) is 0 Å². The Morgan fingerprint density at radius 2 is 2.00 bits per heavy atom. The summed E-state index contributed by atoms with van der Waals surface area (Å²) in [6, 6.07) is -0.173. The maximum atomic E-state index is 11.2. The number of unbranched alkanes of at least 4 members (excludes halogenated alkanes) is 3. The van der Waals surface area contributed by atoms with Crippen molar-refractivity contribution in [2.45, 2.75) is 45.1 Å². The lowest BCUT2D eigenvalue weighted by Crippen LogP contribution is -2.37. The Balaban J connectivity index is 3.42. The van der Waals surface area contributed by atoms with Crippen molar-refractivity contribution < 1.29 is 14.6 Å². The van der Waals surface area contributed by atoms with Gasteiger partial charge in [-0.1, -0.05) is 19.8 Å². The van der Waals surface area contributed by atoms with Crippen LogP contribution in [0.25, 0.3) is 0 Å². The Bertz CT molecular complexity index is 162. The van der Waals surface area contributed by atoms with E-state index in [-0.39, 0.29) is 18.6 Å². The van der Waals surface area contributed by atoms with Gasteiger partial charge in [0.25, 0.3) is 0 Å². The zero-order valence-corrected chi connectivity index (χ0v) is 9.79. The lowest BCUT2D eigenvalue weighted by molar-refractivity contribution is -0.143. The van der Waals surface area contributed by atoms with Crippen LogP contribution < -0.4 is 5.32 Å². The van der Waals surface area contributed by atoms with E-state index in [1.54, 1.807) is 0 Å². The van der Waals surface area contributed by atoms with Gasteiger partial charge in [-0.2, -0.15) is 0 Å². The van der Waals surface area contributed by atoms with E-state index in [1.165, 1.54) is 7.11 Å². The monoisotopic (exact) mass is 217 g/mol. The number of esters is 1. The molecule has 0 saturated heterocycles. The number of nitrogens with one attached hydrogen (secondary N) is 1. The van der Waals surface area contributed by atoms with Crippen molar-refractivity contribution in [3.63, 3.8) is 0 Å². The molecule has 0 aromatic heterocycles. The third-order valence-corrected chi connectivity index (χ3v) is 2.37. The molecule has 2 N–H and O–H groups in total. The molecule has 0 aliphatic carbocycles. The standard InChI is InChI=1S/C11H23NO3/c1-3-10(11(14)15-2)12-8-6-4-5-7-9-13/h10,12-13H,3-9H2,1-2H3. The fraction of sp³-hybridized carbons (Fsp3) is 0.909. The summed E-state index contributed by atoms with van der Waals surface area (Å²) in [6.07, 6.45) is 4.80. The molecule has 4 heteroatoms. The Morgan fingerprint density at radius 3 is 2.53 bits per heavy atom. The molecule has 15 heavy (non-hydrogen) atoms. The molecular formula is C11H23NO3.